The van der Waals surface area contributed by atoms with E-state index in [0.29, 0.717) is 0 Å². The zero-order chi connectivity index (χ0) is 14.6. The van der Waals surface area contributed by atoms with E-state index in [9.17, 15) is 0 Å². The average molecular weight is 281 g/mol. The molecular formula is C16H31N3O. The van der Waals surface area contributed by atoms with Gasteiger partial charge in [0.15, 0.2) is 0 Å². The molecule has 1 N–H and O–H groups in total. The van der Waals surface area contributed by atoms with Crippen LogP contribution in [0.5, 0.6) is 0 Å². The molecule has 0 aromatic carbocycles. The van der Waals surface area contributed by atoms with E-state index in [1.165, 1.54) is 19.5 Å². The summed E-state index contributed by atoms with van der Waals surface area (Å²) in [6, 6.07) is 3.94. The lowest BCUT2D eigenvalue weighted by molar-refractivity contribution is 0.243. The molecule has 1 heterocycles. The quantitative estimate of drug-likeness (QED) is 0.596. The van der Waals surface area contributed by atoms with Gasteiger partial charge in [0.05, 0.1) is 12.8 Å². The molecular weight excluding hydrogens is 250 g/mol. The van der Waals surface area contributed by atoms with Crippen LogP contribution < -0.4 is 5.32 Å². The molecule has 1 rings (SSSR count). The second-order valence-corrected chi connectivity index (χ2v) is 5.07. The predicted molar refractivity (Wildman–Crippen MR) is 84.9 cm³/mol. The number of rotatable bonds is 12. The largest absolute Gasteiger partial charge is 0.468 e. The first-order valence-electron chi connectivity index (χ1n) is 7.97. The van der Waals surface area contributed by atoms with Crippen LogP contribution in [-0.4, -0.2) is 55.6 Å². The van der Waals surface area contributed by atoms with Gasteiger partial charge in [0.1, 0.15) is 5.76 Å². The molecule has 1 aromatic heterocycles. The first-order chi connectivity index (χ1) is 9.80. The van der Waals surface area contributed by atoms with Crippen LogP contribution in [0.3, 0.4) is 0 Å². The van der Waals surface area contributed by atoms with Crippen LogP contribution in [0.15, 0.2) is 22.8 Å². The van der Waals surface area contributed by atoms with Crippen molar-refractivity contribution in [3.05, 3.63) is 24.2 Å². The summed E-state index contributed by atoms with van der Waals surface area (Å²) in [5, 5.41) is 3.43. The summed E-state index contributed by atoms with van der Waals surface area (Å²) in [7, 11) is 0. The smallest absolute Gasteiger partial charge is 0.117 e. The third-order valence-electron chi connectivity index (χ3n) is 3.77. The number of hydrogen-bond donors (Lipinski definition) is 1. The zero-order valence-electron chi connectivity index (χ0n) is 13.4. The molecule has 0 bridgehead atoms. The monoisotopic (exact) mass is 281 g/mol. The fourth-order valence-electron chi connectivity index (χ4n) is 2.35. The summed E-state index contributed by atoms with van der Waals surface area (Å²) in [5.41, 5.74) is 0. The van der Waals surface area contributed by atoms with Gasteiger partial charge in [-0.15, -0.1) is 0 Å². The van der Waals surface area contributed by atoms with Crippen LogP contribution in [0.2, 0.25) is 0 Å². The standard InChI is InChI=1S/C16H31N3O/c1-4-18(5-2)11-8-12-19(6-3)13-10-17-15-16-9-7-14-20-16/h7,9,14,17H,4-6,8,10-13,15H2,1-3H3. The Labute approximate surface area is 124 Å². The zero-order valence-corrected chi connectivity index (χ0v) is 13.4. The Morgan fingerprint density at radius 2 is 1.70 bits per heavy atom. The fourth-order valence-corrected chi connectivity index (χ4v) is 2.35. The Kier molecular flexibility index (Phi) is 9.37. The lowest BCUT2D eigenvalue weighted by Crippen LogP contribution is -2.34. The van der Waals surface area contributed by atoms with Crippen LogP contribution in [-0.2, 0) is 6.54 Å². The summed E-state index contributed by atoms with van der Waals surface area (Å²) in [4.78, 5) is 5.00. The first kappa shape index (κ1) is 17.2. The molecule has 0 aliphatic carbocycles. The molecule has 0 spiro atoms. The van der Waals surface area contributed by atoms with Gasteiger partial charge in [-0.2, -0.15) is 0 Å². The Morgan fingerprint density at radius 1 is 1.00 bits per heavy atom. The SMILES string of the molecule is CCN(CC)CCCN(CC)CCNCc1ccco1. The van der Waals surface area contributed by atoms with E-state index in [-0.39, 0.29) is 0 Å². The van der Waals surface area contributed by atoms with Crippen LogP contribution in [0.1, 0.15) is 33.0 Å². The predicted octanol–water partition coefficient (Wildman–Crippen LogP) is 2.42. The number of furan rings is 1. The van der Waals surface area contributed by atoms with Gasteiger partial charge in [-0.1, -0.05) is 20.8 Å². The van der Waals surface area contributed by atoms with Gasteiger partial charge in [0.25, 0.3) is 0 Å². The van der Waals surface area contributed by atoms with Crippen LogP contribution in [0.25, 0.3) is 0 Å². The first-order valence-corrected chi connectivity index (χ1v) is 7.97. The summed E-state index contributed by atoms with van der Waals surface area (Å²) >= 11 is 0. The Morgan fingerprint density at radius 3 is 2.30 bits per heavy atom. The minimum atomic E-state index is 0.823. The maximum atomic E-state index is 5.30. The summed E-state index contributed by atoms with van der Waals surface area (Å²) in [6.07, 6.45) is 2.98. The maximum absolute atomic E-state index is 5.30. The summed E-state index contributed by atoms with van der Waals surface area (Å²) < 4.78 is 5.30. The van der Waals surface area contributed by atoms with Crippen molar-refractivity contribution in [2.24, 2.45) is 0 Å². The van der Waals surface area contributed by atoms with Crippen molar-refractivity contribution in [2.45, 2.75) is 33.7 Å². The normalized spacial score (nSPS) is 11.7. The fraction of sp³-hybridized carbons (Fsp3) is 0.750. The molecule has 0 radical (unpaired) electrons. The highest BCUT2D eigenvalue weighted by Gasteiger charge is 2.04. The number of nitrogens with zero attached hydrogens (tertiary/aromatic N) is 2. The molecule has 0 unspecified atom stereocenters. The topological polar surface area (TPSA) is 31.6 Å². The van der Waals surface area contributed by atoms with E-state index >= 15 is 0 Å². The van der Waals surface area contributed by atoms with E-state index in [0.717, 1.165) is 45.0 Å². The van der Waals surface area contributed by atoms with Gasteiger partial charge in [0, 0.05) is 13.1 Å². The van der Waals surface area contributed by atoms with Gasteiger partial charge in [-0.3, -0.25) is 0 Å². The molecule has 1 aromatic rings. The lowest BCUT2D eigenvalue weighted by Gasteiger charge is -2.23. The molecule has 0 fully saturated rings. The second kappa shape index (κ2) is 10.9. The maximum Gasteiger partial charge on any atom is 0.117 e. The number of likely N-dealkylation sites (N-methyl/N-ethyl adjacent to an activating group) is 1. The Hall–Kier alpha value is -0.840. The molecule has 20 heavy (non-hydrogen) atoms. The van der Waals surface area contributed by atoms with Crippen molar-refractivity contribution in [1.29, 1.82) is 0 Å². The van der Waals surface area contributed by atoms with Crippen molar-refractivity contribution >= 4 is 0 Å². The van der Waals surface area contributed by atoms with Crippen molar-refractivity contribution in [3.63, 3.8) is 0 Å². The molecule has 4 nitrogen and oxygen atoms in total. The molecule has 0 saturated carbocycles. The van der Waals surface area contributed by atoms with Gasteiger partial charge >= 0.3 is 0 Å². The highest BCUT2D eigenvalue weighted by atomic mass is 16.3. The highest BCUT2D eigenvalue weighted by molar-refractivity contribution is 4.97. The van der Waals surface area contributed by atoms with E-state index < -0.39 is 0 Å². The Bertz CT molecular complexity index is 310. The third kappa shape index (κ3) is 7.08. The Balaban J connectivity index is 2.06. The van der Waals surface area contributed by atoms with E-state index in [4.69, 9.17) is 4.42 Å². The minimum Gasteiger partial charge on any atom is -0.468 e. The third-order valence-corrected chi connectivity index (χ3v) is 3.77. The van der Waals surface area contributed by atoms with Crippen LogP contribution in [0.4, 0.5) is 0 Å². The molecule has 0 amide bonds. The molecule has 0 saturated heterocycles. The second-order valence-electron chi connectivity index (χ2n) is 5.07. The van der Waals surface area contributed by atoms with Gasteiger partial charge in [-0.25, -0.2) is 0 Å². The van der Waals surface area contributed by atoms with E-state index in [1.54, 1.807) is 6.26 Å². The van der Waals surface area contributed by atoms with Gasteiger partial charge in [0.2, 0.25) is 0 Å². The minimum absolute atomic E-state index is 0.823. The van der Waals surface area contributed by atoms with Crippen molar-refractivity contribution in [1.82, 2.24) is 15.1 Å². The average Bonchev–Trinajstić information content (AvgIpc) is 2.99. The number of hydrogen-bond acceptors (Lipinski definition) is 4. The van der Waals surface area contributed by atoms with E-state index in [2.05, 4.69) is 35.9 Å². The summed E-state index contributed by atoms with van der Waals surface area (Å²) in [5.74, 6) is 1.01. The van der Waals surface area contributed by atoms with E-state index in [1.807, 2.05) is 12.1 Å². The van der Waals surface area contributed by atoms with Gasteiger partial charge in [-0.05, 0) is 51.3 Å². The number of nitrogens with one attached hydrogen (secondary N) is 1. The van der Waals surface area contributed by atoms with Crippen molar-refractivity contribution in [3.8, 4) is 0 Å². The van der Waals surface area contributed by atoms with Crippen molar-refractivity contribution < 1.29 is 4.42 Å². The highest BCUT2D eigenvalue weighted by Crippen LogP contribution is 1.99. The lowest BCUT2D eigenvalue weighted by atomic mass is 10.3. The summed E-state index contributed by atoms with van der Waals surface area (Å²) in [6.45, 7) is 15.5. The molecule has 116 valence electrons. The van der Waals surface area contributed by atoms with Crippen LogP contribution >= 0.6 is 0 Å². The van der Waals surface area contributed by atoms with Crippen LogP contribution in [0, 0.1) is 0 Å². The molecule has 0 aliphatic heterocycles. The van der Waals surface area contributed by atoms with Crippen molar-refractivity contribution in [2.75, 3.05) is 45.8 Å². The molecule has 0 aliphatic rings. The van der Waals surface area contributed by atoms with Gasteiger partial charge < -0.3 is 19.5 Å². The molecule has 4 heteroatoms. The molecule has 0 atom stereocenters.